The fraction of sp³-hybridized carbons (Fsp3) is 0.846. The Balaban J connectivity index is 2.47. The lowest BCUT2D eigenvalue weighted by Gasteiger charge is -2.55. The van der Waals surface area contributed by atoms with Gasteiger partial charge in [-0.1, -0.05) is 0 Å². The number of carbonyl (C=O) groups is 2. The summed E-state index contributed by atoms with van der Waals surface area (Å²) in [7, 11) is 0. The van der Waals surface area contributed by atoms with Crippen LogP contribution in [0.1, 0.15) is 46.0 Å². The molecule has 3 nitrogen and oxygen atoms in total. The normalized spacial score (nSPS) is 46.5. The summed E-state index contributed by atoms with van der Waals surface area (Å²) in [5, 5.41) is 10.5. The number of ketones is 2. The summed E-state index contributed by atoms with van der Waals surface area (Å²) < 4.78 is 0. The Bertz CT molecular complexity index is 368. The van der Waals surface area contributed by atoms with Gasteiger partial charge in [0.15, 0.2) is 0 Å². The molecule has 0 amide bonds. The number of aliphatic hydroxyl groups is 1. The number of fused-ring (bicyclic) bond motifs is 1. The van der Waals surface area contributed by atoms with E-state index in [-0.39, 0.29) is 16.9 Å². The topological polar surface area (TPSA) is 54.4 Å². The van der Waals surface area contributed by atoms with Gasteiger partial charge in [0.2, 0.25) is 0 Å². The Hall–Kier alpha value is -0.410. The van der Waals surface area contributed by atoms with Gasteiger partial charge >= 0.3 is 0 Å². The number of Topliss-reactive ketones (excluding diaryl/α,β-unsaturated/α-hetero) is 2. The van der Waals surface area contributed by atoms with Crippen molar-refractivity contribution < 1.29 is 14.7 Å². The van der Waals surface area contributed by atoms with Crippen LogP contribution in [0.3, 0.4) is 0 Å². The van der Waals surface area contributed by atoms with E-state index in [1.54, 1.807) is 6.92 Å². The molecule has 0 bridgehead atoms. The standard InChI is InChI=1S/C13H19ClO3/c1-8(15)11-9(14)5-7-12(2)10(16)4-3-6-13(11,12)17/h9,11,17H,3-7H2,1-2H3/t9-,11+,12?,13+/m0/s1. The highest BCUT2D eigenvalue weighted by Gasteiger charge is 2.62. The second-order valence-corrected chi connectivity index (χ2v) is 6.24. The first-order valence-electron chi connectivity index (χ1n) is 6.23. The summed E-state index contributed by atoms with van der Waals surface area (Å²) in [4.78, 5) is 23.9. The van der Waals surface area contributed by atoms with Gasteiger partial charge < -0.3 is 5.11 Å². The Morgan fingerprint density at radius 3 is 2.71 bits per heavy atom. The zero-order chi connectivity index (χ0) is 12.8. The Kier molecular flexibility index (Phi) is 3.11. The molecule has 0 heterocycles. The van der Waals surface area contributed by atoms with Gasteiger partial charge in [0.25, 0.3) is 0 Å². The average Bonchev–Trinajstić information content (AvgIpc) is 2.22. The van der Waals surface area contributed by atoms with Gasteiger partial charge in [-0.05, 0) is 39.5 Å². The lowest BCUT2D eigenvalue weighted by molar-refractivity contribution is -0.181. The van der Waals surface area contributed by atoms with E-state index >= 15 is 0 Å². The minimum Gasteiger partial charge on any atom is -0.388 e. The third-order valence-electron chi connectivity index (χ3n) is 4.77. The van der Waals surface area contributed by atoms with Crippen LogP contribution in [0.5, 0.6) is 0 Å². The van der Waals surface area contributed by atoms with Gasteiger partial charge in [-0.3, -0.25) is 9.59 Å². The lowest BCUT2D eigenvalue weighted by atomic mass is 9.52. The van der Waals surface area contributed by atoms with Crippen LogP contribution in [0.4, 0.5) is 0 Å². The molecule has 0 aromatic heterocycles. The van der Waals surface area contributed by atoms with Crippen LogP contribution in [0.2, 0.25) is 0 Å². The van der Waals surface area contributed by atoms with Crippen molar-refractivity contribution in [2.45, 2.75) is 56.9 Å². The quantitative estimate of drug-likeness (QED) is 0.733. The molecule has 2 fully saturated rings. The summed E-state index contributed by atoms with van der Waals surface area (Å²) in [6.45, 7) is 3.26. The molecule has 2 aliphatic rings. The number of rotatable bonds is 1. The molecule has 0 aromatic carbocycles. The maximum absolute atomic E-state index is 12.1. The summed E-state index contributed by atoms with van der Waals surface area (Å²) in [5.74, 6) is -0.624. The lowest BCUT2D eigenvalue weighted by Crippen LogP contribution is -2.64. The zero-order valence-electron chi connectivity index (χ0n) is 10.3. The van der Waals surface area contributed by atoms with Crippen LogP contribution >= 0.6 is 11.6 Å². The van der Waals surface area contributed by atoms with Gasteiger partial charge in [0, 0.05) is 11.8 Å². The van der Waals surface area contributed by atoms with Crippen LogP contribution in [0.25, 0.3) is 0 Å². The van der Waals surface area contributed by atoms with Crippen LogP contribution < -0.4 is 0 Å². The molecule has 0 saturated heterocycles. The van der Waals surface area contributed by atoms with E-state index in [4.69, 9.17) is 11.6 Å². The van der Waals surface area contributed by atoms with Gasteiger partial charge in [0.1, 0.15) is 11.6 Å². The van der Waals surface area contributed by atoms with Crippen LogP contribution in [-0.2, 0) is 9.59 Å². The van der Waals surface area contributed by atoms with E-state index in [1.807, 2.05) is 0 Å². The first-order valence-corrected chi connectivity index (χ1v) is 6.67. The van der Waals surface area contributed by atoms with Crippen molar-refractivity contribution in [2.24, 2.45) is 11.3 Å². The fourth-order valence-corrected chi connectivity index (χ4v) is 4.14. The predicted molar refractivity (Wildman–Crippen MR) is 65.0 cm³/mol. The van der Waals surface area contributed by atoms with Gasteiger partial charge in [0.05, 0.1) is 16.9 Å². The summed E-state index contributed by atoms with van der Waals surface area (Å²) in [5.41, 5.74) is -2.02. The van der Waals surface area contributed by atoms with Gasteiger partial charge in [-0.2, -0.15) is 0 Å². The average molecular weight is 259 g/mol. The van der Waals surface area contributed by atoms with Crippen LogP contribution in [0.15, 0.2) is 0 Å². The molecule has 4 atom stereocenters. The Morgan fingerprint density at radius 1 is 1.47 bits per heavy atom. The second kappa shape index (κ2) is 4.06. The highest BCUT2D eigenvalue weighted by molar-refractivity contribution is 6.22. The van der Waals surface area contributed by atoms with Crippen molar-refractivity contribution in [1.29, 1.82) is 0 Å². The molecule has 96 valence electrons. The molecule has 2 saturated carbocycles. The van der Waals surface area contributed by atoms with Crippen molar-refractivity contribution >= 4 is 23.2 Å². The van der Waals surface area contributed by atoms with Crippen molar-refractivity contribution in [3.8, 4) is 0 Å². The molecule has 0 spiro atoms. The summed E-state index contributed by atoms with van der Waals surface area (Å²) >= 11 is 6.20. The van der Waals surface area contributed by atoms with E-state index in [2.05, 4.69) is 0 Å². The zero-order valence-corrected chi connectivity index (χ0v) is 11.1. The maximum Gasteiger partial charge on any atom is 0.141 e. The number of hydrogen-bond acceptors (Lipinski definition) is 3. The molecule has 0 aromatic rings. The molecular formula is C13H19ClO3. The van der Waals surface area contributed by atoms with E-state index in [0.29, 0.717) is 32.1 Å². The second-order valence-electron chi connectivity index (χ2n) is 5.68. The molecule has 0 aliphatic heterocycles. The van der Waals surface area contributed by atoms with Crippen LogP contribution in [0, 0.1) is 11.3 Å². The van der Waals surface area contributed by atoms with Gasteiger partial charge in [-0.15, -0.1) is 11.6 Å². The number of carbonyl (C=O) groups excluding carboxylic acids is 2. The number of alkyl halides is 1. The van der Waals surface area contributed by atoms with Gasteiger partial charge in [-0.25, -0.2) is 0 Å². The van der Waals surface area contributed by atoms with E-state index < -0.39 is 16.9 Å². The first kappa shape index (κ1) is 13.0. The largest absolute Gasteiger partial charge is 0.388 e. The molecule has 0 radical (unpaired) electrons. The molecule has 1 N–H and O–H groups in total. The molecule has 17 heavy (non-hydrogen) atoms. The van der Waals surface area contributed by atoms with Crippen molar-refractivity contribution in [2.75, 3.05) is 0 Å². The van der Waals surface area contributed by atoms with E-state index in [1.165, 1.54) is 6.92 Å². The third-order valence-corrected chi connectivity index (χ3v) is 5.24. The fourth-order valence-electron chi connectivity index (χ4n) is 3.65. The maximum atomic E-state index is 12.1. The predicted octanol–water partition coefficient (Wildman–Crippen LogP) is 2.08. The molecular weight excluding hydrogens is 240 g/mol. The highest BCUT2D eigenvalue weighted by Crippen LogP contribution is 2.55. The highest BCUT2D eigenvalue weighted by atomic mass is 35.5. The van der Waals surface area contributed by atoms with Crippen molar-refractivity contribution in [1.82, 2.24) is 0 Å². The monoisotopic (exact) mass is 258 g/mol. The molecule has 2 rings (SSSR count). The third kappa shape index (κ3) is 1.66. The SMILES string of the molecule is CC(=O)[C@@H]1[C@@H](Cl)CCC2(C)C(=O)CCC[C@@]12O. The van der Waals surface area contributed by atoms with E-state index in [9.17, 15) is 14.7 Å². The van der Waals surface area contributed by atoms with Crippen molar-refractivity contribution in [3.63, 3.8) is 0 Å². The number of halogens is 1. The molecule has 2 aliphatic carbocycles. The smallest absolute Gasteiger partial charge is 0.141 e. The minimum absolute atomic E-state index is 0.0843. The summed E-state index contributed by atoms with van der Waals surface area (Å²) in [6, 6.07) is 0. The molecule has 4 heteroatoms. The van der Waals surface area contributed by atoms with Crippen LogP contribution in [-0.4, -0.2) is 27.7 Å². The van der Waals surface area contributed by atoms with Crippen molar-refractivity contribution in [3.05, 3.63) is 0 Å². The van der Waals surface area contributed by atoms with E-state index in [0.717, 1.165) is 0 Å². The Morgan fingerprint density at radius 2 is 2.12 bits per heavy atom. The number of hydrogen-bond donors (Lipinski definition) is 1. The minimum atomic E-state index is -1.24. The molecule has 1 unspecified atom stereocenters. The first-order chi connectivity index (χ1) is 7.83. The summed E-state index contributed by atoms with van der Waals surface area (Å²) in [6.07, 6.45) is 2.87. The Labute approximate surface area is 107 Å².